The van der Waals surface area contributed by atoms with Gasteiger partial charge in [-0.1, -0.05) is 88.3 Å². The van der Waals surface area contributed by atoms with Gasteiger partial charge in [0.2, 0.25) is 0 Å². The van der Waals surface area contributed by atoms with Crippen molar-refractivity contribution in [3.05, 3.63) is 48.5 Å². The fourth-order valence-electron chi connectivity index (χ4n) is 2.23. The number of benzene rings is 2. The van der Waals surface area contributed by atoms with Crippen LogP contribution in [0.4, 0.5) is 0 Å². The molecule has 0 spiro atoms. The lowest BCUT2D eigenvalue weighted by atomic mass is 10.0. The molecule has 2 rings (SSSR count). The van der Waals surface area contributed by atoms with Crippen molar-refractivity contribution in [2.24, 2.45) is 0 Å². The third kappa shape index (κ3) is 6.25. The molecule has 0 unspecified atom stereocenters. The van der Waals surface area contributed by atoms with Crippen molar-refractivity contribution in [3.63, 3.8) is 0 Å². The summed E-state index contributed by atoms with van der Waals surface area (Å²) in [5, 5.41) is 0. The average Bonchev–Trinajstić information content (AvgIpc) is 2.52. The van der Waals surface area contributed by atoms with Crippen LogP contribution in [0.15, 0.2) is 48.5 Å². The third-order valence-corrected chi connectivity index (χ3v) is 7.70. The van der Waals surface area contributed by atoms with Crippen LogP contribution >= 0.6 is 45.9 Å². The second-order valence-corrected chi connectivity index (χ2v) is 28.5. The SMILES string of the molecule is CCOc1cccc(-c2ccccc2)c1OCCC[Si](Br)(Br)Br. The maximum absolute atomic E-state index is 6.11. The molecule has 0 aliphatic rings. The van der Waals surface area contributed by atoms with Crippen molar-refractivity contribution in [1.82, 2.24) is 0 Å². The molecule has 23 heavy (non-hydrogen) atoms. The summed E-state index contributed by atoms with van der Waals surface area (Å²) in [7, 11) is 0. The summed E-state index contributed by atoms with van der Waals surface area (Å²) in [6.07, 6.45) is 0.961. The maximum Gasteiger partial charge on any atom is 0.267 e. The first-order valence-corrected chi connectivity index (χ1v) is 16.5. The predicted molar refractivity (Wildman–Crippen MR) is 111 cm³/mol. The van der Waals surface area contributed by atoms with Gasteiger partial charge in [0, 0.05) is 5.56 Å². The second-order valence-electron chi connectivity index (χ2n) is 5.00. The Morgan fingerprint density at radius 2 is 1.65 bits per heavy atom. The molecule has 2 aromatic rings. The van der Waals surface area contributed by atoms with Gasteiger partial charge in [-0.05, 0) is 31.0 Å². The van der Waals surface area contributed by atoms with E-state index in [1.807, 2.05) is 37.3 Å². The number of para-hydroxylation sites is 1. The topological polar surface area (TPSA) is 18.5 Å². The summed E-state index contributed by atoms with van der Waals surface area (Å²) < 4.78 is 10.3. The zero-order valence-corrected chi connectivity index (χ0v) is 18.7. The highest BCUT2D eigenvalue weighted by Gasteiger charge is 2.21. The first-order chi connectivity index (χ1) is 11.0. The van der Waals surface area contributed by atoms with Gasteiger partial charge < -0.3 is 9.47 Å². The molecule has 0 N–H and O–H groups in total. The lowest BCUT2D eigenvalue weighted by Gasteiger charge is -2.17. The minimum Gasteiger partial charge on any atom is -0.490 e. The molecule has 124 valence electrons. The maximum atomic E-state index is 6.11. The Balaban J connectivity index is 2.20. The molecule has 2 nitrogen and oxygen atoms in total. The smallest absolute Gasteiger partial charge is 0.267 e. The van der Waals surface area contributed by atoms with Gasteiger partial charge in [0.05, 0.1) is 13.2 Å². The van der Waals surface area contributed by atoms with Crippen LogP contribution in [0.3, 0.4) is 0 Å². The molecule has 0 saturated heterocycles. The molecular weight excluding hydrogens is 504 g/mol. The summed E-state index contributed by atoms with van der Waals surface area (Å²) in [6.45, 7) is 3.26. The van der Waals surface area contributed by atoms with Crippen molar-refractivity contribution in [3.8, 4) is 22.6 Å². The molecule has 6 heteroatoms. The lowest BCUT2D eigenvalue weighted by molar-refractivity contribution is 0.278. The van der Waals surface area contributed by atoms with Gasteiger partial charge >= 0.3 is 0 Å². The quantitative estimate of drug-likeness (QED) is 0.220. The van der Waals surface area contributed by atoms with Gasteiger partial charge in [-0.2, -0.15) is 0 Å². The Bertz CT molecular complexity index is 615. The van der Waals surface area contributed by atoms with Gasteiger partial charge in [0.15, 0.2) is 11.5 Å². The normalized spacial score (nSPS) is 11.3. The summed E-state index contributed by atoms with van der Waals surface area (Å²) in [5.41, 5.74) is 2.20. The molecular formula is C17H19Br3O2Si. The standard InChI is InChI=1S/C17H19Br3O2Si/c1-2-21-16-11-6-10-15(14-8-4-3-5-9-14)17(16)22-12-7-13-23(18,19)20/h3-6,8-11H,2,7,12-13H2,1H3. The van der Waals surface area contributed by atoms with Crippen molar-refractivity contribution in [1.29, 1.82) is 0 Å². The van der Waals surface area contributed by atoms with E-state index in [2.05, 4.69) is 64.1 Å². The first kappa shape index (κ1) is 19.0. The molecule has 0 atom stereocenters. The number of rotatable bonds is 8. The van der Waals surface area contributed by atoms with Crippen molar-refractivity contribution < 1.29 is 9.47 Å². The van der Waals surface area contributed by atoms with Crippen molar-refractivity contribution in [2.75, 3.05) is 13.2 Å². The average molecular weight is 523 g/mol. The molecule has 0 fully saturated rings. The first-order valence-electron chi connectivity index (χ1n) is 7.52. The molecule has 0 radical (unpaired) electrons. The Morgan fingerprint density at radius 1 is 0.913 bits per heavy atom. The minimum atomic E-state index is -1.58. The van der Waals surface area contributed by atoms with E-state index in [1.54, 1.807) is 0 Å². The Morgan fingerprint density at radius 3 is 2.30 bits per heavy atom. The van der Waals surface area contributed by atoms with Gasteiger partial charge in [0.25, 0.3) is 3.93 Å². The van der Waals surface area contributed by atoms with E-state index < -0.39 is 3.93 Å². The Kier molecular flexibility index (Phi) is 7.65. The summed E-state index contributed by atoms with van der Waals surface area (Å²) in [4.78, 5) is 0. The van der Waals surface area contributed by atoms with E-state index in [9.17, 15) is 0 Å². The molecule has 0 bridgehead atoms. The van der Waals surface area contributed by atoms with Crippen LogP contribution in [-0.4, -0.2) is 17.1 Å². The van der Waals surface area contributed by atoms with Crippen LogP contribution in [0.1, 0.15) is 13.3 Å². The fraction of sp³-hybridized carbons (Fsp3) is 0.294. The van der Waals surface area contributed by atoms with Crippen LogP contribution in [-0.2, 0) is 0 Å². The number of halogens is 3. The molecule has 0 aromatic heterocycles. The Labute approximate surface area is 162 Å². The highest BCUT2D eigenvalue weighted by Crippen LogP contribution is 2.39. The molecule has 0 heterocycles. The second kappa shape index (κ2) is 9.25. The van der Waals surface area contributed by atoms with Crippen LogP contribution < -0.4 is 9.47 Å². The number of hydrogen-bond donors (Lipinski definition) is 0. The van der Waals surface area contributed by atoms with E-state index in [0.717, 1.165) is 35.1 Å². The number of ether oxygens (including phenoxy) is 2. The molecule has 0 saturated carbocycles. The molecule has 0 aliphatic carbocycles. The van der Waals surface area contributed by atoms with Gasteiger partial charge in [0.1, 0.15) is 0 Å². The van der Waals surface area contributed by atoms with Crippen LogP contribution in [0.25, 0.3) is 11.1 Å². The molecule has 0 aliphatic heterocycles. The van der Waals surface area contributed by atoms with Gasteiger partial charge in [-0.3, -0.25) is 0 Å². The van der Waals surface area contributed by atoms with Gasteiger partial charge in [-0.15, -0.1) is 0 Å². The third-order valence-electron chi connectivity index (χ3n) is 3.21. The largest absolute Gasteiger partial charge is 0.490 e. The Hall–Kier alpha value is -0.303. The highest BCUT2D eigenvalue weighted by atomic mass is 80.0. The van der Waals surface area contributed by atoms with Crippen LogP contribution in [0, 0.1) is 0 Å². The fourth-order valence-corrected chi connectivity index (χ4v) is 5.29. The van der Waals surface area contributed by atoms with E-state index >= 15 is 0 Å². The zero-order valence-electron chi connectivity index (χ0n) is 12.9. The molecule has 2 aromatic carbocycles. The van der Waals surface area contributed by atoms with E-state index in [0.29, 0.717) is 13.2 Å². The van der Waals surface area contributed by atoms with Crippen LogP contribution in [0.2, 0.25) is 6.04 Å². The molecule has 0 amide bonds. The minimum absolute atomic E-state index is 0.620. The zero-order chi connectivity index (χ0) is 16.7. The van der Waals surface area contributed by atoms with Crippen molar-refractivity contribution >= 4 is 49.8 Å². The summed E-state index contributed by atoms with van der Waals surface area (Å²) >= 11 is 10.9. The lowest BCUT2D eigenvalue weighted by Crippen LogP contribution is -2.09. The predicted octanol–water partition coefficient (Wildman–Crippen LogP) is 6.64. The number of hydrogen-bond acceptors (Lipinski definition) is 2. The monoisotopic (exact) mass is 520 g/mol. The van der Waals surface area contributed by atoms with E-state index in [-0.39, 0.29) is 0 Å². The summed E-state index contributed by atoms with van der Waals surface area (Å²) in [5.74, 6) is 1.63. The van der Waals surface area contributed by atoms with E-state index in [4.69, 9.17) is 9.47 Å². The highest BCUT2D eigenvalue weighted by molar-refractivity contribution is 9.72. The van der Waals surface area contributed by atoms with Crippen LogP contribution in [0.5, 0.6) is 11.5 Å². The van der Waals surface area contributed by atoms with Gasteiger partial charge in [-0.25, -0.2) is 0 Å². The van der Waals surface area contributed by atoms with Crippen molar-refractivity contribution in [2.45, 2.75) is 19.4 Å². The van der Waals surface area contributed by atoms with E-state index in [1.165, 1.54) is 0 Å². The summed E-state index contributed by atoms with van der Waals surface area (Å²) in [6, 6.07) is 17.3.